The molecule has 105 valence electrons. The van der Waals surface area contributed by atoms with Gasteiger partial charge in [-0.05, 0) is 40.3 Å². The van der Waals surface area contributed by atoms with Crippen molar-refractivity contribution in [2.75, 3.05) is 0 Å². The summed E-state index contributed by atoms with van der Waals surface area (Å²) >= 11 is 0. The van der Waals surface area contributed by atoms with Crippen molar-refractivity contribution < 1.29 is 0 Å². The normalized spacial score (nSPS) is 13.7. The highest BCUT2D eigenvalue weighted by Gasteiger charge is 2.26. The number of hydrogen-bond acceptors (Lipinski definition) is 0. The predicted octanol–water partition coefficient (Wildman–Crippen LogP) is 5.41. The summed E-state index contributed by atoms with van der Waals surface area (Å²) in [7, 11) is 0. The fraction of sp³-hybridized carbons (Fsp3) is 0.0455. The Morgan fingerprint density at radius 1 is 0.591 bits per heavy atom. The number of hydrogen-bond donors (Lipinski definition) is 0. The van der Waals surface area contributed by atoms with Crippen molar-refractivity contribution in [1.82, 2.24) is 0 Å². The molecule has 1 aliphatic rings. The highest BCUT2D eigenvalue weighted by Crippen LogP contribution is 2.42. The summed E-state index contributed by atoms with van der Waals surface area (Å²) in [6, 6.07) is 30.1. The fourth-order valence-corrected chi connectivity index (χ4v) is 3.15. The molecule has 1 radical (unpaired) electrons. The van der Waals surface area contributed by atoms with Crippen LogP contribution in [0, 0.1) is 5.92 Å². The van der Waals surface area contributed by atoms with Crippen LogP contribution in [0.3, 0.4) is 0 Å². The van der Waals surface area contributed by atoms with Crippen LogP contribution in [-0.2, 0) is 6.42 Å². The van der Waals surface area contributed by atoms with Crippen LogP contribution in [0.2, 0.25) is 0 Å². The number of rotatable bonds is 3. The summed E-state index contributed by atoms with van der Waals surface area (Å²) in [4.78, 5) is 0. The van der Waals surface area contributed by atoms with Gasteiger partial charge in [-0.3, -0.25) is 0 Å². The van der Waals surface area contributed by atoms with Crippen LogP contribution >= 0.6 is 0 Å². The summed E-state index contributed by atoms with van der Waals surface area (Å²) < 4.78 is 0. The van der Waals surface area contributed by atoms with Crippen LogP contribution < -0.4 is 0 Å². The van der Waals surface area contributed by atoms with Crippen molar-refractivity contribution in [3.8, 4) is 0 Å². The van der Waals surface area contributed by atoms with Gasteiger partial charge in [0.15, 0.2) is 0 Å². The molecule has 0 nitrogen and oxygen atoms in total. The maximum absolute atomic E-state index is 2.32. The molecule has 0 heteroatoms. The molecule has 1 aliphatic carbocycles. The SMILES string of the molecule is C1=C(c2ccccc2)[C](Cc2ccccc2)c2ccccc21. The summed E-state index contributed by atoms with van der Waals surface area (Å²) in [5, 5.41) is 0. The Morgan fingerprint density at radius 2 is 1.23 bits per heavy atom. The molecule has 0 aromatic heterocycles. The molecule has 0 N–H and O–H groups in total. The van der Waals surface area contributed by atoms with Gasteiger partial charge in [-0.25, -0.2) is 0 Å². The van der Waals surface area contributed by atoms with Crippen LogP contribution in [0.1, 0.15) is 22.3 Å². The first-order valence-corrected chi connectivity index (χ1v) is 7.68. The topological polar surface area (TPSA) is 0 Å². The largest absolute Gasteiger partial charge is 0.0622 e. The molecule has 22 heavy (non-hydrogen) atoms. The lowest BCUT2D eigenvalue weighted by Crippen LogP contribution is -2.04. The van der Waals surface area contributed by atoms with E-state index < -0.39 is 0 Å². The van der Waals surface area contributed by atoms with Crippen LogP contribution in [0.15, 0.2) is 84.9 Å². The molecule has 0 heterocycles. The maximum atomic E-state index is 2.32. The Bertz CT molecular complexity index is 798. The Balaban J connectivity index is 1.77. The first kappa shape index (κ1) is 13.1. The number of fused-ring (bicyclic) bond motifs is 1. The van der Waals surface area contributed by atoms with E-state index in [1.807, 2.05) is 0 Å². The fourth-order valence-electron chi connectivity index (χ4n) is 3.15. The van der Waals surface area contributed by atoms with E-state index in [9.17, 15) is 0 Å². The minimum absolute atomic E-state index is 0.971. The van der Waals surface area contributed by atoms with E-state index in [-0.39, 0.29) is 0 Å². The van der Waals surface area contributed by atoms with Gasteiger partial charge in [-0.1, -0.05) is 84.9 Å². The lowest BCUT2D eigenvalue weighted by molar-refractivity contribution is 1.08. The van der Waals surface area contributed by atoms with E-state index in [4.69, 9.17) is 0 Å². The summed E-state index contributed by atoms with van der Waals surface area (Å²) in [6.45, 7) is 0. The third kappa shape index (κ3) is 2.37. The van der Waals surface area contributed by atoms with Crippen molar-refractivity contribution in [2.45, 2.75) is 6.42 Å². The van der Waals surface area contributed by atoms with Gasteiger partial charge in [0.2, 0.25) is 0 Å². The molecule has 0 amide bonds. The quantitative estimate of drug-likeness (QED) is 0.602. The van der Waals surface area contributed by atoms with E-state index >= 15 is 0 Å². The van der Waals surface area contributed by atoms with Crippen molar-refractivity contribution in [3.05, 3.63) is 113 Å². The molecule has 0 spiro atoms. The molecule has 0 saturated heterocycles. The average molecular weight is 281 g/mol. The van der Waals surface area contributed by atoms with Crippen molar-refractivity contribution >= 4 is 11.6 Å². The van der Waals surface area contributed by atoms with Gasteiger partial charge in [0, 0.05) is 5.92 Å². The standard InChI is InChI=1S/C22H17/c1-3-9-17(10-4-1)15-22-20-14-8-7-13-19(20)16-21(22)18-11-5-2-6-12-18/h1-14,16H,15H2. The zero-order valence-electron chi connectivity index (χ0n) is 12.4. The lowest BCUT2D eigenvalue weighted by atomic mass is 9.86. The first-order valence-electron chi connectivity index (χ1n) is 7.68. The summed E-state index contributed by atoms with van der Waals surface area (Å²) in [5.41, 5.74) is 6.70. The minimum Gasteiger partial charge on any atom is -0.0622 e. The highest BCUT2D eigenvalue weighted by atomic mass is 14.3. The molecule has 0 saturated carbocycles. The first-order chi connectivity index (χ1) is 10.9. The van der Waals surface area contributed by atoms with Crippen LogP contribution in [0.25, 0.3) is 11.6 Å². The second-order valence-corrected chi connectivity index (χ2v) is 5.65. The van der Waals surface area contributed by atoms with Gasteiger partial charge in [0.25, 0.3) is 0 Å². The van der Waals surface area contributed by atoms with E-state index in [0.29, 0.717) is 0 Å². The molecule has 0 aliphatic heterocycles. The van der Waals surface area contributed by atoms with Gasteiger partial charge in [-0.15, -0.1) is 0 Å². The maximum Gasteiger partial charge on any atom is 0.0395 e. The van der Waals surface area contributed by atoms with Gasteiger partial charge < -0.3 is 0 Å². The van der Waals surface area contributed by atoms with Crippen molar-refractivity contribution in [1.29, 1.82) is 0 Å². The van der Waals surface area contributed by atoms with E-state index in [2.05, 4.69) is 91.0 Å². The van der Waals surface area contributed by atoms with Gasteiger partial charge in [-0.2, -0.15) is 0 Å². The zero-order chi connectivity index (χ0) is 14.8. The van der Waals surface area contributed by atoms with Crippen molar-refractivity contribution in [3.63, 3.8) is 0 Å². The van der Waals surface area contributed by atoms with Crippen molar-refractivity contribution in [2.24, 2.45) is 0 Å². The number of benzene rings is 3. The second-order valence-electron chi connectivity index (χ2n) is 5.65. The number of allylic oxidation sites excluding steroid dienone is 1. The zero-order valence-corrected chi connectivity index (χ0v) is 12.4. The van der Waals surface area contributed by atoms with Gasteiger partial charge in [0.05, 0.1) is 0 Å². The molecule has 4 rings (SSSR count). The van der Waals surface area contributed by atoms with Crippen LogP contribution in [0.5, 0.6) is 0 Å². The highest BCUT2D eigenvalue weighted by molar-refractivity contribution is 5.98. The predicted molar refractivity (Wildman–Crippen MR) is 93.2 cm³/mol. The monoisotopic (exact) mass is 281 g/mol. The molecular formula is C22H17. The third-order valence-corrected chi connectivity index (χ3v) is 4.22. The van der Waals surface area contributed by atoms with Crippen LogP contribution in [-0.4, -0.2) is 0 Å². The van der Waals surface area contributed by atoms with E-state index in [1.165, 1.54) is 33.7 Å². The van der Waals surface area contributed by atoms with E-state index in [1.54, 1.807) is 0 Å². The van der Waals surface area contributed by atoms with Gasteiger partial charge in [0.1, 0.15) is 0 Å². The Labute approximate surface area is 131 Å². The Hall–Kier alpha value is -2.60. The second kappa shape index (κ2) is 5.65. The smallest absolute Gasteiger partial charge is 0.0395 e. The van der Waals surface area contributed by atoms with Crippen LogP contribution in [0.4, 0.5) is 0 Å². The molecular weight excluding hydrogens is 264 g/mol. The summed E-state index contributed by atoms with van der Waals surface area (Å²) in [6.07, 6.45) is 3.29. The Morgan fingerprint density at radius 3 is 2.00 bits per heavy atom. The Kier molecular flexibility index (Phi) is 3.36. The minimum atomic E-state index is 0.971. The molecule has 3 aromatic rings. The molecule has 0 unspecified atom stereocenters. The molecule has 0 atom stereocenters. The lowest BCUT2D eigenvalue weighted by Gasteiger charge is -2.16. The molecule has 0 bridgehead atoms. The van der Waals surface area contributed by atoms with E-state index in [0.717, 1.165) is 6.42 Å². The average Bonchev–Trinajstić information content (AvgIpc) is 2.95. The molecule has 0 fully saturated rings. The summed E-state index contributed by atoms with van der Waals surface area (Å²) in [5.74, 6) is 1.42. The third-order valence-electron chi connectivity index (χ3n) is 4.22. The molecule has 3 aromatic carbocycles. The van der Waals surface area contributed by atoms with Gasteiger partial charge >= 0.3 is 0 Å².